The smallest absolute Gasteiger partial charge is 0.343 e. The van der Waals surface area contributed by atoms with Gasteiger partial charge in [-0.05, 0) is 54.7 Å². The molecule has 0 saturated carbocycles. The molecular weight excluding hydrogens is 394 g/mol. The van der Waals surface area contributed by atoms with Gasteiger partial charge in [0, 0.05) is 10.0 Å². The lowest BCUT2D eigenvalue weighted by Gasteiger charge is -2.08. The number of carbonyl (C=O) groups excluding carboxylic acids is 1. The Morgan fingerprint density at radius 2 is 2.00 bits per heavy atom. The first-order valence-corrected chi connectivity index (χ1v) is 7.94. The number of halogens is 1. The molecule has 0 bridgehead atoms. The van der Waals surface area contributed by atoms with Gasteiger partial charge in [-0.1, -0.05) is 15.9 Å². The maximum absolute atomic E-state index is 12.3. The zero-order chi connectivity index (χ0) is 17.5. The number of rotatable bonds is 5. The summed E-state index contributed by atoms with van der Waals surface area (Å²) in [4.78, 5) is 12.3. The number of esters is 1. The zero-order valence-electron chi connectivity index (χ0n) is 12.7. The highest BCUT2D eigenvalue weighted by molar-refractivity contribution is 9.10. The number of hydrazone groups is 1. The molecule has 0 saturated heterocycles. The van der Waals surface area contributed by atoms with Crippen molar-refractivity contribution in [2.75, 3.05) is 7.11 Å². The fourth-order valence-corrected chi connectivity index (χ4v) is 2.20. The molecule has 2 aromatic rings. The number of thiocarbonyl (C=S) groups is 1. The summed E-state index contributed by atoms with van der Waals surface area (Å²) in [5, 5.41) is 3.92. The number of hydrogen-bond donors (Lipinski definition) is 2. The summed E-state index contributed by atoms with van der Waals surface area (Å²) in [5.41, 5.74) is 8.74. The lowest BCUT2D eigenvalue weighted by atomic mass is 10.2. The van der Waals surface area contributed by atoms with Crippen molar-refractivity contribution < 1.29 is 14.3 Å². The molecule has 2 rings (SSSR count). The maximum Gasteiger partial charge on any atom is 0.343 e. The van der Waals surface area contributed by atoms with Gasteiger partial charge in [0.15, 0.2) is 5.11 Å². The van der Waals surface area contributed by atoms with Crippen LogP contribution in [0.25, 0.3) is 0 Å². The van der Waals surface area contributed by atoms with Crippen molar-refractivity contribution in [3.05, 3.63) is 58.1 Å². The van der Waals surface area contributed by atoms with Gasteiger partial charge in [0.1, 0.15) is 11.5 Å². The first-order valence-electron chi connectivity index (χ1n) is 6.74. The van der Waals surface area contributed by atoms with Crippen LogP contribution in [0.2, 0.25) is 0 Å². The Labute approximate surface area is 152 Å². The van der Waals surface area contributed by atoms with Crippen molar-refractivity contribution in [3.63, 3.8) is 0 Å². The number of hydrogen-bond acceptors (Lipinski definition) is 5. The van der Waals surface area contributed by atoms with Gasteiger partial charge < -0.3 is 15.2 Å². The fourth-order valence-electron chi connectivity index (χ4n) is 1.76. The average Bonchev–Trinajstić information content (AvgIpc) is 2.57. The molecule has 0 aliphatic heterocycles. The normalized spacial score (nSPS) is 10.4. The number of benzene rings is 2. The van der Waals surface area contributed by atoms with Crippen LogP contribution in [0, 0.1) is 0 Å². The zero-order valence-corrected chi connectivity index (χ0v) is 15.1. The van der Waals surface area contributed by atoms with Crippen LogP contribution in [0.15, 0.2) is 52.0 Å². The van der Waals surface area contributed by atoms with Crippen LogP contribution in [0.1, 0.15) is 15.9 Å². The molecule has 6 nitrogen and oxygen atoms in total. The van der Waals surface area contributed by atoms with Crippen LogP contribution in [0.4, 0.5) is 0 Å². The van der Waals surface area contributed by atoms with Gasteiger partial charge in [-0.15, -0.1) is 0 Å². The monoisotopic (exact) mass is 407 g/mol. The number of nitrogens with zero attached hydrogens (tertiary/aromatic N) is 1. The average molecular weight is 408 g/mol. The first kappa shape index (κ1) is 17.9. The highest BCUT2D eigenvalue weighted by Gasteiger charge is 2.11. The molecule has 0 aliphatic rings. The van der Waals surface area contributed by atoms with Crippen molar-refractivity contribution in [2.24, 2.45) is 10.8 Å². The van der Waals surface area contributed by atoms with Crippen LogP contribution in [-0.4, -0.2) is 24.4 Å². The van der Waals surface area contributed by atoms with Crippen molar-refractivity contribution in [3.8, 4) is 11.5 Å². The van der Waals surface area contributed by atoms with E-state index in [1.165, 1.54) is 6.21 Å². The van der Waals surface area contributed by atoms with Gasteiger partial charge >= 0.3 is 5.97 Å². The molecule has 0 unspecified atom stereocenters. The Bertz CT molecular complexity index is 779. The second kappa shape index (κ2) is 8.42. The molecule has 0 aliphatic carbocycles. The van der Waals surface area contributed by atoms with Crippen LogP contribution >= 0.6 is 28.1 Å². The molecule has 2 aromatic carbocycles. The third kappa shape index (κ3) is 5.04. The quantitative estimate of drug-likeness (QED) is 0.260. The molecular formula is C16H14BrN3O3S. The van der Waals surface area contributed by atoms with Gasteiger partial charge in [-0.2, -0.15) is 5.10 Å². The van der Waals surface area contributed by atoms with Gasteiger partial charge in [0.05, 0.1) is 18.9 Å². The Morgan fingerprint density at radius 1 is 1.29 bits per heavy atom. The minimum absolute atomic E-state index is 0.0398. The summed E-state index contributed by atoms with van der Waals surface area (Å²) in [7, 11) is 1.56. The first-order chi connectivity index (χ1) is 11.5. The van der Waals surface area contributed by atoms with E-state index in [1.807, 2.05) is 0 Å². The number of nitrogens with two attached hydrogens (primary N) is 1. The number of methoxy groups -OCH3 is 1. The van der Waals surface area contributed by atoms with E-state index in [2.05, 4.69) is 38.7 Å². The summed E-state index contributed by atoms with van der Waals surface area (Å²) < 4.78 is 11.3. The Morgan fingerprint density at radius 3 is 2.62 bits per heavy atom. The summed E-state index contributed by atoms with van der Waals surface area (Å²) in [6.45, 7) is 0. The minimum atomic E-state index is -0.489. The van der Waals surface area contributed by atoms with Gasteiger partial charge in [0.2, 0.25) is 0 Å². The topological polar surface area (TPSA) is 85.9 Å². The third-order valence-electron chi connectivity index (χ3n) is 2.88. The summed E-state index contributed by atoms with van der Waals surface area (Å²) >= 11 is 8.03. The summed E-state index contributed by atoms with van der Waals surface area (Å²) in [6, 6.07) is 11.8. The van der Waals surface area contributed by atoms with E-state index in [9.17, 15) is 4.79 Å². The standard InChI is InChI=1S/C16H14BrN3O3S/c1-22-13-5-2-10(3-6-13)15(21)23-14-7-4-12(17)8-11(14)9-19-20-16(18)24/h2-9H,1H3,(H3,18,20,24)/b19-9-. The van der Waals surface area contributed by atoms with Gasteiger partial charge in [-0.3, -0.25) is 5.43 Å². The molecule has 0 spiro atoms. The molecule has 0 heterocycles. The van der Waals surface area contributed by atoms with Crippen molar-refractivity contribution in [1.29, 1.82) is 0 Å². The second-order valence-electron chi connectivity index (χ2n) is 4.53. The van der Waals surface area contributed by atoms with Crippen LogP contribution < -0.4 is 20.6 Å². The molecule has 3 N–H and O–H groups in total. The second-order valence-corrected chi connectivity index (χ2v) is 5.89. The molecule has 8 heteroatoms. The predicted molar refractivity (Wildman–Crippen MR) is 99.6 cm³/mol. The number of carbonyl (C=O) groups is 1. The molecule has 24 heavy (non-hydrogen) atoms. The van der Waals surface area contributed by atoms with E-state index in [0.717, 1.165) is 4.47 Å². The van der Waals surface area contributed by atoms with E-state index in [0.29, 0.717) is 22.6 Å². The van der Waals surface area contributed by atoms with E-state index in [1.54, 1.807) is 49.6 Å². The summed E-state index contributed by atoms with van der Waals surface area (Å²) in [6.07, 6.45) is 1.46. The van der Waals surface area contributed by atoms with E-state index in [4.69, 9.17) is 15.2 Å². The highest BCUT2D eigenvalue weighted by atomic mass is 79.9. The van der Waals surface area contributed by atoms with Gasteiger partial charge in [0.25, 0.3) is 0 Å². The Kier molecular flexibility index (Phi) is 6.28. The van der Waals surface area contributed by atoms with Crippen molar-refractivity contribution >= 4 is 45.4 Å². The predicted octanol–water partition coefficient (Wildman–Crippen LogP) is 2.84. The van der Waals surface area contributed by atoms with Crippen molar-refractivity contribution in [2.45, 2.75) is 0 Å². The molecule has 124 valence electrons. The lowest BCUT2D eigenvalue weighted by molar-refractivity contribution is 0.0734. The molecule has 0 radical (unpaired) electrons. The van der Waals surface area contributed by atoms with Crippen LogP contribution in [0.5, 0.6) is 11.5 Å². The Balaban J connectivity index is 2.19. The Hall–Kier alpha value is -2.45. The van der Waals surface area contributed by atoms with Crippen LogP contribution in [0.3, 0.4) is 0 Å². The van der Waals surface area contributed by atoms with Crippen molar-refractivity contribution in [1.82, 2.24) is 5.43 Å². The molecule has 0 amide bonds. The molecule has 0 aromatic heterocycles. The van der Waals surface area contributed by atoms with Crippen LogP contribution in [-0.2, 0) is 0 Å². The fraction of sp³-hybridized carbons (Fsp3) is 0.0625. The summed E-state index contributed by atoms with van der Waals surface area (Å²) in [5.74, 6) is 0.524. The highest BCUT2D eigenvalue weighted by Crippen LogP contribution is 2.23. The minimum Gasteiger partial charge on any atom is -0.497 e. The largest absolute Gasteiger partial charge is 0.497 e. The SMILES string of the molecule is COc1ccc(C(=O)Oc2ccc(Br)cc2/C=N\NC(N)=S)cc1. The molecule has 0 atom stereocenters. The lowest BCUT2D eigenvalue weighted by Crippen LogP contribution is -2.24. The van der Waals surface area contributed by atoms with Gasteiger partial charge in [-0.25, -0.2) is 4.79 Å². The van der Waals surface area contributed by atoms with E-state index >= 15 is 0 Å². The number of ether oxygens (including phenoxy) is 2. The molecule has 0 fully saturated rings. The number of nitrogens with one attached hydrogen (secondary N) is 1. The third-order valence-corrected chi connectivity index (χ3v) is 3.46. The van der Waals surface area contributed by atoms with E-state index in [-0.39, 0.29) is 5.11 Å². The maximum atomic E-state index is 12.3. The van der Waals surface area contributed by atoms with E-state index < -0.39 is 5.97 Å².